The van der Waals surface area contributed by atoms with Crippen LogP contribution in [0.15, 0.2) is 0 Å². The summed E-state index contributed by atoms with van der Waals surface area (Å²) in [5, 5.41) is 2.59. The number of methoxy groups -OCH3 is 1. The van der Waals surface area contributed by atoms with Crippen molar-refractivity contribution in [2.24, 2.45) is 5.92 Å². The van der Waals surface area contributed by atoms with Gasteiger partial charge >= 0.3 is 5.97 Å². The Bertz CT molecular complexity index is 215. The Balaban J connectivity index is 3.55. The van der Waals surface area contributed by atoms with Crippen LogP contribution in [0.25, 0.3) is 0 Å². The summed E-state index contributed by atoms with van der Waals surface area (Å²) in [6, 6.07) is 0. The molecular formula is C10H19NO4. The van der Waals surface area contributed by atoms with Crippen LogP contribution in [-0.2, 0) is 19.1 Å². The number of amides is 1. The third-order valence-corrected chi connectivity index (χ3v) is 1.84. The summed E-state index contributed by atoms with van der Waals surface area (Å²) in [6.45, 7) is 5.67. The zero-order valence-electron chi connectivity index (χ0n) is 9.70. The third-order valence-electron chi connectivity index (χ3n) is 1.84. The van der Waals surface area contributed by atoms with E-state index >= 15 is 0 Å². The zero-order valence-corrected chi connectivity index (χ0v) is 9.70. The molecule has 0 aromatic carbocycles. The number of carbonyl (C=O) groups is 2. The van der Waals surface area contributed by atoms with Crippen molar-refractivity contribution in [3.05, 3.63) is 0 Å². The number of hydrogen-bond donors (Lipinski definition) is 1. The van der Waals surface area contributed by atoms with Gasteiger partial charge in [0.05, 0.1) is 12.5 Å². The lowest BCUT2D eigenvalue weighted by Gasteiger charge is -2.11. The average Bonchev–Trinajstić information content (AvgIpc) is 2.22. The summed E-state index contributed by atoms with van der Waals surface area (Å²) in [7, 11) is 1.46. The van der Waals surface area contributed by atoms with Crippen LogP contribution in [0.5, 0.6) is 0 Å². The predicted octanol–water partition coefficient (Wildman–Crippen LogP) is 0.337. The maximum Gasteiger partial charge on any atom is 0.308 e. The number of hydrogen-bond acceptors (Lipinski definition) is 4. The van der Waals surface area contributed by atoms with Crippen molar-refractivity contribution < 1.29 is 19.1 Å². The normalized spacial score (nSPS) is 12.3. The van der Waals surface area contributed by atoms with Crippen LogP contribution < -0.4 is 5.32 Å². The molecule has 0 aliphatic heterocycles. The highest BCUT2D eigenvalue weighted by molar-refractivity contribution is 5.80. The molecule has 5 heteroatoms. The standard InChI is InChI=1S/C10H19NO4/c1-7(2)10(13)15-6-5-11-9(12)8(3)14-4/h7-8H,5-6H2,1-4H3,(H,11,12). The summed E-state index contributed by atoms with van der Waals surface area (Å²) < 4.78 is 9.68. The fraction of sp³-hybridized carbons (Fsp3) is 0.800. The van der Waals surface area contributed by atoms with Crippen LogP contribution in [0.4, 0.5) is 0 Å². The molecule has 0 fully saturated rings. The summed E-state index contributed by atoms with van der Waals surface area (Å²) in [5.41, 5.74) is 0. The molecule has 0 aromatic heterocycles. The summed E-state index contributed by atoms with van der Waals surface area (Å²) in [4.78, 5) is 22.2. The first-order valence-corrected chi connectivity index (χ1v) is 4.96. The number of esters is 1. The van der Waals surface area contributed by atoms with Crippen molar-refractivity contribution in [1.29, 1.82) is 0 Å². The van der Waals surface area contributed by atoms with Crippen molar-refractivity contribution in [2.45, 2.75) is 26.9 Å². The Hall–Kier alpha value is -1.10. The van der Waals surface area contributed by atoms with Crippen molar-refractivity contribution in [3.8, 4) is 0 Å². The SMILES string of the molecule is COC(C)C(=O)NCCOC(=O)C(C)C. The lowest BCUT2D eigenvalue weighted by molar-refractivity contribution is -0.147. The molecule has 0 saturated heterocycles. The van der Waals surface area contributed by atoms with Gasteiger partial charge in [-0.25, -0.2) is 0 Å². The van der Waals surface area contributed by atoms with Crippen LogP contribution in [0.3, 0.4) is 0 Å². The van der Waals surface area contributed by atoms with E-state index in [0.717, 1.165) is 0 Å². The first-order valence-electron chi connectivity index (χ1n) is 4.96. The second kappa shape index (κ2) is 7.23. The number of carbonyl (C=O) groups excluding carboxylic acids is 2. The van der Waals surface area contributed by atoms with E-state index in [-0.39, 0.29) is 24.4 Å². The maximum absolute atomic E-state index is 11.2. The lowest BCUT2D eigenvalue weighted by Crippen LogP contribution is -2.36. The molecule has 0 aliphatic carbocycles. The van der Waals surface area contributed by atoms with Gasteiger partial charge in [-0.15, -0.1) is 0 Å². The van der Waals surface area contributed by atoms with Gasteiger partial charge in [0.2, 0.25) is 5.91 Å². The largest absolute Gasteiger partial charge is 0.464 e. The molecule has 0 rings (SSSR count). The van der Waals surface area contributed by atoms with Gasteiger partial charge in [-0.05, 0) is 6.92 Å². The first kappa shape index (κ1) is 13.9. The number of rotatable bonds is 6. The molecule has 0 bridgehead atoms. The molecule has 0 heterocycles. The molecule has 1 atom stereocenters. The second-order valence-corrected chi connectivity index (χ2v) is 3.49. The Morgan fingerprint density at radius 1 is 1.27 bits per heavy atom. The van der Waals surface area contributed by atoms with Crippen LogP contribution in [0.1, 0.15) is 20.8 Å². The molecule has 0 spiro atoms. The van der Waals surface area contributed by atoms with Crippen LogP contribution >= 0.6 is 0 Å². The summed E-state index contributed by atoms with van der Waals surface area (Å²) in [5.74, 6) is -0.610. The first-order chi connectivity index (χ1) is 6.99. The topological polar surface area (TPSA) is 64.6 Å². The van der Waals surface area contributed by atoms with Crippen molar-refractivity contribution in [1.82, 2.24) is 5.32 Å². The monoisotopic (exact) mass is 217 g/mol. The van der Waals surface area contributed by atoms with Gasteiger partial charge in [-0.2, -0.15) is 0 Å². The Morgan fingerprint density at radius 2 is 1.87 bits per heavy atom. The van der Waals surface area contributed by atoms with Crippen molar-refractivity contribution >= 4 is 11.9 Å². The molecule has 1 unspecified atom stereocenters. The summed E-state index contributed by atoms with van der Waals surface area (Å²) >= 11 is 0. The molecule has 0 radical (unpaired) electrons. The van der Waals surface area contributed by atoms with E-state index in [0.29, 0.717) is 6.54 Å². The smallest absolute Gasteiger partial charge is 0.308 e. The van der Waals surface area contributed by atoms with Gasteiger partial charge in [-0.1, -0.05) is 13.8 Å². The minimum absolute atomic E-state index is 0.140. The molecule has 88 valence electrons. The van der Waals surface area contributed by atoms with E-state index in [4.69, 9.17) is 9.47 Å². The molecule has 0 aliphatic rings. The van der Waals surface area contributed by atoms with Gasteiger partial charge in [0.1, 0.15) is 12.7 Å². The van der Waals surface area contributed by atoms with Gasteiger partial charge in [0.25, 0.3) is 0 Å². The average molecular weight is 217 g/mol. The Morgan fingerprint density at radius 3 is 2.33 bits per heavy atom. The number of nitrogens with one attached hydrogen (secondary N) is 1. The maximum atomic E-state index is 11.2. The molecule has 15 heavy (non-hydrogen) atoms. The second-order valence-electron chi connectivity index (χ2n) is 3.49. The zero-order chi connectivity index (χ0) is 11.8. The fourth-order valence-electron chi connectivity index (χ4n) is 0.743. The summed E-state index contributed by atoms with van der Waals surface area (Å²) in [6.07, 6.45) is -0.481. The number of ether oxygens (including phenoxy) is 2. The minimum atomic E-state index is -0.481. The molecule has 5 nitrogen and oxygen atoms in total. The van der Waals surface area contributed by atoms with E-state index in [1.54, 1.807) is 20.8 Å². The Kier molecular flexibility index (Phi) is 6.70. The van der Waals surface area contributed by atoms with E-state index < -0.39 is 6.10 Å². The van der Waals surface area contributed by atoms with Crippen LogP contribution in [0, 0.1) is 5.92 Å². The quantitative estimate of drug-likeness (QED) is 0.514. The predicted molar refractivity (Wildman–Crippen MR) is 55.3 cm³/mol. The molecule has 1 N–H and O–H groups in total. The van der Waals surface area contributed by atoms with Gasteiger partial charge in [0.15, 0.2) is 0 Å². The molecule has 1 amide bonds. The van der Waals surface area contributed by atoms with E-state index in [1.165, 1.54) is 7.11 Å². The van der Waals surface area contributed by atoms with Crippen LogP contribution in [-0.4, -0.2) is 38.2 Å². The fourth-order valence-corrected chi connectivity index (χ4v) is 0.743. The molecule has 0 saturated carbocycles. The van der Waals surface area contributed by atoms with Gasteiger partial charge < -0.3 is 14.8 Å². The van der Waals surface area contributed by atoms with E-state index in [9.17, 15) is 9.59 Å². The van der Waals surface area contributed by atoms with Crippen LogP contribution in [0.2, 0.25) is 0 Å². The lowest BCUT2D eigenvalue weighted by atomic mass is 10.2. The van der Waals surface area contributed by atoms with E-state index in [1.807, 2.05) is 0 Å². The van der Waals surface area contributed by atoms with Crippen molar-refractivity contribution in [3.63, 3.8) is 0 Å². The third kappa shape index (κ3) is 6.06. The Labute approximate surface area is 90.1 Å². The highest BCUT2D eigenvalue weighted by atomic mass is 16.5. The van der Waals surface area contributed by atoms with Gasteiger partial charge in [-0.3, -0.25) is 9.59 Å². The molecular weight excluding hydrogens is 198 g/mol. The minimum Gasteiger partial charge on any atom is -0.464 e. The van der Waals surface area contributed by atoms with Crippen molar-refractivity contribution in [2.75, 3.05) is 20.3 Å². The highest BCUT2D eigenvalue weighted by Crippen LogP contribution is 1.94. The molecule has 0 aromatic rings. The van der Waals surface area contributed by atoms with Gasteiger partial charge in [0, 0.05) is 7.11 Å². The van der Waals surface area contributed by atoms with E-state index in [2.05, 4.69) is 5.32 Å². The highest BCUT2D eigenvalue weighted by Gasteiger charge is 2.11.